The summed E-state index contributed by atoms with van der Waals surface area (Å²) in [6, 6.07) is 15.5. The van der Waals surface area contributed by atoms with Crippen LogP contribution in [0.4, 0.5) is 5.69 Å². The summed E-state index contributed by atoms with van der Waals surface area (Å²) in [5.41, 5.74) is 4.05. The number of aliphatic imine (C=N–C) groups is 1. The predicted octanol–water partition coefficient (Wildman–Crippen LogP) is 2.15. The molecule has 0 spiro atoms. The van der Waals surface area contributed by atoms with Crippen molar-refractivity contribution in [2.75, 3.05) is 5.32 Å². The van der Waals surface area contributed by atoms with Crippen LogP contribution in [0.1, 0.15) is 12.0 Å². The first kappa shape index (κ1) is 17.6. The first-order valence-corrected chi connectivity index (χ1v) is 8.27. The van der Waals surface area contributed by atoms with Crippen molar-refractivity contribution in [2.45, 2.75) is 12.5 Å². The van der Waals surface area contributed by atoms with Gasteiger partial charge in [-0.05, 0) is 17.7 Å². The van der Waals surface area contributed by atoms with Crippen molar-refractivity contribution >= 4 is 41.3 Å². The highest BCUT2D eigenvalue weighted by atomic mass is 35.5. The number of para-hydroxylation sites is 1. The lowest BCUT2D eigenvalue weighted by Crippen LogP contribution is -2.35. The predicted molar refractivity (Wildman–Crippen MR) is 101 cm³/mol. The van der Waals surface area contributed by atoms with E-state index in [0.29, 0.717) is 10.7 Å². The van der Waals surface area contributed by atoms with Crippen molar-refractivity contribution in [3.63, 3.8) is 0 Å². The Bertz CT molecular complexity index is 867. The summed E-state index contributed by atoms with van der Waals surface area (Å²) in [6.45, 7) is 0. The van der Waals surface area contributed by atoms with Crippen molar-refractivity contribution in [1.29, 1.82) is 0 Å². The minimum Gasteiger partial charge on any atom is -0.325 e. The van der Waals surface area contributed by atoms with E-state index in [1.54, 1.807) is 30.5 Å². The lowest BCUT2D eigenvalue weighted by Gasteiger charge is -2.08. The highest BCUT2D eigenvalue weighted by Crippen LogP contribution is 2.21. The number of rotatable bonds is 5. The molecule has 132 valence electrons. The fourth-order valence-electron chi connectivity index (χ4n) is 2.29. The van der Waals surface area contributed by atoms with Crippen LogP contribution in [0.5, 0.6) is 0 Å². The Morgan fingerprint density at radius 1 is 1.19 bits per heavy atom. The van der Waals surface area contributed by atoms with E-state index < -0.39 is 6.04 Å². The van der Waals surface area contributed by atoms with Crippen LogP contribution in [0.15, 0.2) is 64.7 Å². The van der Waals surface area contributed by atoms with Crippen LogP contribution in [0.2, 0.25) is 5.02 Å². The van der Waals surface area contributed by atoms with Gasteiger partial charge in [-0.3, -0.25) is 14.9 Å². The van der Waals surface area contributed by atoms with E-state index in [0.717, 1.165) is 5.56 Å². The van der Waals surface area contributed by atoms with Crippen molar-refractivity contribution in [1.82, 2.24) is 10.7 Å². The summed E-state index contributed by atoms with van der Waals surface area (Å²) in [7, 11) is 0. The zero-order chi connectivity index (χ0) is 18.4. The molecule has 1 atom stereocenters. The Morgan fingerprint density at radius 2 is 1.92 bits per heavy atom. The van der Waals surface area contributed by atoms with Gasteiger partial charge in [-0.1, -0.05) is 54.1 Å². The molecular formula is C18H16ClN5O2. The van der Waals surface area contributed by atoms with Gasteiger partial charge in [0, 0.05) is 0 Å². The number of hydrogen-bond acceptors (Lipinski definition) is 5. The molecule has 0 bridgehead atoms. The van der Waals surface area contributed by atoms with Crippen LogP contribution in [0.25, 0.3) is 0 Å². The summed E-state index contributed by atoms with van der Waals surface area (Å²) >= 11 is 6.00. The molecule has 8 heteroatoms. The van der Waals surface area contributed by atoms with Gasteiger partial charge in [-0.2, -0.15) is 5.10 Å². The number of guanidine groups is 1. The smallest absolute Gasteiger partial charge is 0.252 e. The number of nitrogens with zero attached hydrogens (tertiary/aromatic N) is 2. The molecule has 7 nitrogen and oxygen atoms in total. The fourth-order valence-corrected chi connectivity index (χ4v) is 2.47. The molecule has 0 saturated carbocycles. The number of carbonyl (C=O) groups excluding carboxylic acids is 2. The highest BCUT2D eigenvalue weighted by Gasteiger charge is 2.28. The van der Waals surface area contributed by atoms with Gasteiger partial charge in [0.2, 0.25) is 11.9 Å². The Kier molecular flexibility index (Phi) is 5.60. The quantitative estimate of drug-likeness (QED) is 0.556. The van der Waals surface area contributed by atoms with Gasteiger partial charge in [0.15, 0.2) is 0 Å². The van der Waals surface area contributed by atoms with Crippen LogP contribution in [-0.4, -0.2) is 30.0 Å². The monoisotopic (exact) mass is 369 g/mol. The van der Waals surface area contributed by atoms with Gasteiger partial charge < -0.3 is 5.32 Å². The summed E-state index contributed by atoms with van der Waals surface area (Å²) in [4.78, 5) is 28.2. The Balaban J connectivity index is 1.55. The summed E-state index contributed by atoms with van der Waals surface area (Å²) in [5, 5.41) is 9.66. The standard InChI is InChI=1S/C18H16ClN5O2/c19-13-8-4-5-9-14(13)21-16(25)10-15-17(26)23-18(22-15)24-20-11-12-6-2-1-3-7-12/h1-9,11,15H,10H2,(H,21,25)(H2,22,23,24,26). The average molecular weight is 370 g/mol. The average Bonchev–Trinajstić information content (AvgIpc) is 2.97. The molecule has 1 aliphatic heterocycles. The largest absolute Gasteiger partial charge is 0.325 e. The van der Waals surface area contributed by atoms with Crippen molar-refractivity contribution in [3.05, 3.63) is 65.2 Å². The summed E-state index contributed by atoms with van der Waals surface area (Å²) in [5.74, 6) is -0.509. The third kappa shape index (κ3) is 4.67. The molecule has 1 heterocycles. The number of carbonyl (C=O) groups is 2. The molecule has 3 N–H and O–H groups in total. The lowest BCUT2D eigenvalue weighted by atomic mass is 10.2. The minimum atomic E-state index is -0.813. The van der Waals surface area contributed by atoms with Crippen LogP contribution in [-0.2, 0) is 9.59 Å². The molecular weight excluding hydrogens is 354 g/mol. The second kappa shape index (κ2) is 8.26. The Morgan fingerprint density at radius 3 is 2.69 bits per heavy atom. The molecule has 0 saturated heterocycles. The maximum Gasteiger partial charge on any atom is 0.252 e. The Hall–Kier alpha value is -3.19. The van der Waals surface area contributed by atoms with E-state index in [-0.39, 0.29) is 24.2 Å². The summed E-state index contributed by atoms with van der Waals surface area (Å²) in [6.07, 6.45) is 1.51. The molecule has 1 aliphatic rings. The number of hydrazone groups is 1. The van der Waals surface area contributed by atoms with Crippen LogP contribution < -0.4 is 16.1 Å². The van der Waals surface area contributed by atoms with E-state index in [1.165, 1.54) is 0 Å². The number of amides is 2. The second-order valence-electron chi connectivity index (χ2n) is 5.50. The first-order chi connectivity index (χ1) is 12.6. The van der Waals surface area contributed by atoms with E-state index in [9.17, 15) is 9.59 Å². The third-order valence-electron chi connectivity index (χ3n) is 3.54. The fraction of sp³-hybridized carbons (Fsp3) is 0.111. The van der Waals surface area contributed by atoms with Crippen LogP contribution in [0, 0.1) is 0 Å². The molecule has 0 radical (unpaired) electrons. The molecule has 0 aliphatic carbocycles. The molecule has 2 amide bonds. The maximum absolute atomic E-state index is 12.1. The van der Waals surface area contributed by atoms with Crippen LogP contribution in [0.3, 0.4) is 0 Å². The van der Waals surface area contributed by atoms with Crippen molar-refractivity contribution in [2.24, 2.45) is 10.1 Å². The molecule has 26 heavy (non-hydrogen) atoms. The van der Waals surface area contributed by atoms with E-state index in [4.69, 9.17) is 11.6 Å². The second-order valence-corrected chi connectivity index (χ2v) is 5.90. The van der Waals surface area contributed by atoms with Gasteiger partial charge in [-0.15, -0.1) is 0 Å². The summed E-state index contributed by atoms with van der Waals surface area (Å²) < 4.78 is 0. The molecule has 1 unspecified atom stereocenters. The SMILES string of the molecule is O=C(CC1N=C(NN=Cc2ccccc2)NC1=O)Nc1ccccc1Cl. The van der Waals surface area contributed by atoms with Gasteiger partial charge in [0.25, 0.3) is 5.91 Å². The maximum atomic E-state index is 12.1. The van der Waals surface area contributed by atoms with Gasteiger partial charge in [0.1, 0.15) is 6.04 Å². The molecule has 0 aromatic heterocycles. The molecule has 2 aromatic carbocycles. The number of hydrogen-bond donors (Lipinski definition) is 3. The van der Waals surface area contributed by atoms with Gasteiger partial charge in [-0.25, -0.2) is 10.4 Å². The van der Waals surface area contributed by atoms with E-state index in [2.05, 4.69) is 26.2 Å². The number of halogens is 1. The van der Waals surface area contributed by atoms with E-state index >= 15 is 0 Å². The topological polar surface area (TPSA) is 94.9 Å². The van der Waals surface area contributed by atoms with Crippen molar-refractivity contribution in [3.8, 4) is 0 Å². The Labute approximate surface area is 155 Å². The minimum absolute atomic E-state index is 0.0926. The normalized spacial score (nSPS) is 16.3. The first-order valence-electron chi connectivity index (χ1n) is 7.89. The van der Waals surface area contributed by atoms with Crippen molar-refractivity contribution < 1.29 is 9.59 Å². The highest BCUT2D eigenvalue weighted by molar-refractivity contribution is 6.33. The van der Waals surface area contributed by atoms with E-state index in [1.807, 2.05) is 30.3 Å². The number of benzene rings is 2. The van der Waals surface area contributed by atoms with Gasteiger partial charge in [0.05, 0.1) is 23.3 Å². The number of nitrogens with one attached hydrogen (secondary N) is 3. The molecule has 2 aromatic rings. The van der Waals surface area contributed by atoms with Gasteiger partial charge >= 0.3 is 0 Å². The zero-order valence-corrected chi connectivity index (χ0v) is 14.4. The number of anilines is 1. The van der Waals surface area contributed by atoms with Crippen LogP contribution >= 0.6 is 11.6 Å². The molecule has 3 rings (SSSR count). The third-order valence-corrected chi connectivity index (χ3v) is 3.87. The zero-order valence-electron chi connectivity index (χ0n) is 13.6. The molecule has 0 fully saturated rings. The lowest BCUT2D eigenvalue weighted by molar-refractivity contribution is -0.123.